The molecule has 3 nitrogen and oxygen atoms in total. The van der Waals surface area contributed by atoms with E-state index in [9.17, 15) is 13.6 Å². The molecule has 2 fully saturated rings. The number of carbonyl (C=O) groups excluding carboxylic acids is 1. The van der Waals surface area contributed by atoms with Gasteiger partial charge >= 0.3 is 5.97 Å². The molecule has 2 saturated carbocycles. The van der Waals surface area contributed by atoms with Crippen molar-refractivity contribution >= 4 is 5.97 Å². The number of unbranched alkanes of at least 4 members (excludes halogenated alkanes) is 1. The maximum absolute atomic E-state index is 14.4. The van der Waals surface area contributed by atoms with Crippen LogP contribution >= 0.6 is 0 Å². The van der Waals surface area contributed by atoms with Gasteiger partial charge in [-0.1, -0.05) is 58.3 Å². The summed E-state index contributed by atoms with van der Waals surface area (Å²) in [5, 5.41) is 8.98. The summed E-state index contributed by atoms with van der Waals surface area (Å²) in [6, 6.07) is 3.90. The normalized spacial score (nSPS) is 20.3. The predicted octanol–water partition coefficient (Wildman–Crippen LogP) is 6.72. The molecule has 2 aliphatic rings. The van der Waals surface area contributed by atoms with Crippen LogP contribution in [0.3, 0.4) is 0 Å². The summed E-state index contributed by atoms with van der Waals surface area (Å²) in [5.74, 6) is -2.17. The molecule has 3 rings (SSSR count). The molecular formula is C25H33F2NO2. The van der Waals surface area contributed by atoms with Crippen LogP contribution in [0.2, 0.25) is 0 Å². The first-order chi connectivity index (χ1) is 14.5. The van der Waals surface area contributed by atoms with Crippen LogP contribution in [0.1, 0.15) is 102 Å². The maximum Gasteiger partial charge on any atom is 0.316 e. The minimum Gasteiger partial charge on any atom is -0.464 e. The standard InChI is InChI=1S/C25H33F2NO2/c1-2-3-10-24(11-6-4-7-12-24)18-30-23(29)25(13-8-5-9-14-25)19-15-21(26)20(17-28)22(27)16-19/h15-16H,2-14,18H2,1H3. The van der Waals surface area contributed by atoms with Gasteiger partial charge in [-0.3, -0.25) is 4.79 Å². The van der Waals surface area contributed by atoms with E-state index in [0.29, 0.717) is 25.0 Å². The fourth-order valence-electron chi connectivity index (χ4n) is 5.40. The molecule has 1 aromatic carbocycles. The van der Waals surface area contributed by atoms with Crippen LogP contribution < -0.4 is 0 Å². The van der Waals surface area contributed by atoms with Gasteiger partial charge in [-0.25, -0.2) is 8.78 Å². The van der Waals surface area contributed by atoms with Crippen molar-refractivity contribution in [2.24, 2.45) is 5.41 Å². The highest BCUT2D eigenvalue weighted by atomic mass is 19.1. The summed E-state index contributed by atoms with van der Waals surface area (Å²) in [4.78, 5) is 13.4. The van der Waals surface area contributed by atoms with Gasteiger partial charge in [0.15, 0.2) is 0 Å². The van der Waals surface area contributed by atoms with Gasteiger partial charge in [0, 0.05) is 5.41 Å². The van der Waals surface area contributed by atoms with Crippen LogP contribution in [0.15, 0.2) is 12.1 Å². The Hall–Kier alpha value is -1.96. The third kappa shape index (κ3) is 4.68. The molecule has 2 aliphatic carbocycles. The molecule has 0 heterocycles. The van der Waals surface area contributed by atoms with Gasteiger partial charge in [0.2, 0.25) is 0 Å². The van der Waals surface area contributed by atoms with Crippen molar-refractivity contribution in [1.29, 1.82) is 5.26 Å². The molecule has 0 amide bonds. The van der Waals surface area contributed by atoms with Crippen molar-refractivity contribution < 1.29 is 18.3 Å². The van der Waals surface area contributed by atoms with Gasteiger partial charge in [-0.2, -0.15) is 5.26 Å². The Morgan fingerprint density at radius 1 is 1.03 bits per heavy atom. The third-order valence-corrected chi connectivity index (χ3v) is 7.29. The van der Waals surface area contributed by atoms with Crippen molar-refractivity contribution in [2.75, 3.05) is 6.61 Å². The van der Waals surface area contributed by atoms with Gasteiger partial charge < -0.3 is 4.74 Å². The lowest BCUT2D eigenvalue weighted by atomic mass is 9.69. The lowest BCUT2D eigenvalue weighted by Gasteiger charge is -2.40. The van der Waals surface area contributed by atoms with Crippen LogP contribution in [-0.2, 0) is 14.9 Å². The monoisotopic (exact) mass is 417 g/mol. The van der Waals surface area contributed by atoms with Crippen LogP contribution in [-0.4, -0.2) is 12.6 Å². The largest absolute Gasteiger partial charge is 0.464 e. The molecule has 0 atom stereocenters. The second-order valence-corrected chi connectivity index (χ2v) is 9.31. The molecule has 0 saturated heterocycles. The second-order valence-electron chi connectivity index (χ2n) is 9.31. The summed E-state index contributed by atoms with van der Waals surface area (Å²) >= 11 is 0. The van der Waals surface area contributed by atoms with Crippen LogP contribution in [0.5, 0.6) is 0 Å². The fraction of sp³-hybridized carbons (Fsp3) is 0.680. The van der Waals surface area contributed by atoms with Crippen molar-refractivity contribution in [3.63, 3.8) is 0 Å². The highest BCUT2D eigenvalue weighted by molar-refractivity contribution is 5.83. The van der Waals surface area contributed by atoms with Crippen LogP contribution in [0.25, 0.3) is 0 Å². The van der Waals surface area contributed by atoms with Gasteiger partial charge in [0.1, 0.15) is 23.3 Å². The number of hydrogen-bond acceptors (Lipinski definition) is 3. The Morgan fingerprint density at radius 2 is 1.60 bits per heavy atom. The Balaban J connectivity index is 1.85. The number of hydrogen-bond donors (Lipinski definition) is 0. The number of rotatable bonds is 7. The first-order valence-electron chi connectivity index (χ1n) is 11.5. The van der Waals surface area contributed by atoms with Crippen LogP contribution in [0.4, 0.5) is 8.78 Å². The first-order valence-corrected chi connectivity index (χ1v) is 11.5. The van der Waals surface area contributed by atoms with E-state index in [1.807, 2.05) is 0 Å². The summed E-state index contributed by atoms with van der Waals surface area (Å²) < 4.78 is 34.7. The average molecular weight is 418 g/mol. The number of benzene rings is 1. The first kappa shape index (κ1) is 22.7. The van der Waals surface area contributed by atoms with E-state index in [1.54, 1.807) is 6.07 Å². The zero-order chi connectivity index (χ0) is 21.6. The topological polar surface area (TPSA) is 50.1 Å². The van der Waals surface area contributed by atoms with Gasteiger partial charge in [-0.05, 0) is 49.8 Å². The van der Waals surface area contributed by atoms with E-state index in [1.165, 1.54) is 31.4 Å². The summed E-state index contributed by atoms with van der Waals surface area (Å²) in [6.07, 6.45) is 12.7. The van der Waals surface area contributed by atoms with E-state index in [-0.39, 0.29) is 11.4 Å². The van der Waals surface area contributed by atoms with E-state index in [0.717, 1.165) is 51.4 Å². The zero-order valence-electron chi connectivity index (χ0n) is 18.1. The molecule has 1 aromatic rings. The minimum atomic E-state index is -1.02. The third-order valence-electron chi connectivity index (χ3n) is 7.29. The number of nitriles is 1. The summed E-state index contributed by atoms with van der Waals surface area (Å²) in [6.45, 7) is 2.57. The average Bonchev–Trinajstić information content (AvgIpc) is 2.77. The van der Waals surface area contributed by atoms with Crippen molar-refractivity contribution in [1.82, 2.24) is 0 Å². The molecule has 0 aliphatic heterocycles. The van der Waals surface area contributed by atoms with Crippen LogP contribution in [0, 0.1) is 28.4 Å². The molecule has 0 radical (unpaired) electrons. The fourth-order valence-corrected chi connectivity index (χ4v) is 5.40. The lowest BCUT2D eigenvalue weighted by Crippen LogP contribution is -2.42. The molecule has 0 spiro atoms. The zero-order valence-corrected chi connectivity index (χ0v) is 18.1. The molecule has 164 valence electrons. The smallest absolute Gasteiger partial charge is 0.316 e. The number of carbonyl (C=O) groups is 1. The highest BCUT2D eigenvalue weighted by Crippen LogP contribution is 2.44. The van der Waals surface area contributed by atoms with Gasteiger partial charge in [0.05, 0.1) is 12.0 Å². The number of esters is 1. The second kappa shape index (κ2) is 9.90. The van der Waals surface area contributed by atoms with Gasteiger partial charge in [-0.15, -0.1) is 0 Å². The van der Waals surface area contributed by atoms with E-state index >= 15 is 0 Å². The lowest BCUT2D eigenvalue weighted by molar-refractivity contribution is -0.157. The van der Waals surface area contributed by atoms with Crippen molar-refractivity contribution in [2.45, 2.75) is 95.8 Å². The van der Waals surface area contributed by atoms with E-state index < -0.39 is 22.6 Å². The van der Waals surface area contributed by atoms with E-state index in [2.05, 4.69) is 6.92 Å². The summed E-state index contributed by atoms with van der Waals surface area (Å²) in [7, 11) is 0. The Labute approximate surface area is 178 Å². The van der Waals surface area contributed by atoms with Gasteiger partial charge in [0.25, 0.3) is 0 Å². The Bertz CT molecular complexity index is 764. The molecule has 30 heavy (non-hydrogen) atoms. The maximum atomic E-state index is 14.4. The Morgan fingerprint density at radius 3 is 2.13 bits per heavy atom. The molecule has 0 N–H and O–H groups in total. The molecule has 0 aromatic heterocycles. The SMILES string of the molecule is CCCCC1(COC(=O)C2(c3cc(F)c(C#N)c(F)c3)CCCCC2)CCCCC1. The highest BCUT2D eigenvalue weighted by Gasteiger charge is 2.45. The number of nitrogens with zero attached hydrogens (tertiary/aromatic N) is 1. The van der Waals surface area contributed by atoms with Crippen molar-refractivity contribution in [3.05, 3.63) is 34.9 Å². The summed E-state index contributed by atoms with van der Waals surface area (Å²) in [5.41, 5.74) is -1.26. The number of halogens is 2. The number of ether oxygens (including phenoxy) is 1. The predicted molar refractivity (Wildman–Crippen MR) is 112 cm³/mol. The molecular weight excluding hydrogens is 384 g/mol. The molecule has 5 heteroatoms. The minimum absolute atomic E-state index is 0.0426. The Kier molecular flexibility index (Phi) is 7.50. The van der Waals surface area contributed by atoms with E-state index in [4.69, 9.17) is 10.00 Å². The molecule has 0 unspecified atom stereocenters. The van der Waals surface area contributed by atoms with Crippen molar-refractivity contribution in [3.8, 4) is 6.07 Å². The molecule has 0 bridgehead atoms. The quantitative estimate of drug-likeness (QED) is 0.463.